The summed E-state index contributed by atoms with van der Waals surface area (Å²) in [6, 6.07) is 0. The number of fused-ring (bicyclic) bond motifs is 4. The minimum Gasteiger partial charge on any atom is -0.388 e. The van der Waals surface area contributed by atoms with E-state index in [1.807, 2.05) is 0 Å². The fourth-order valence-electron chi connectivity index (χ4n) is 13.1. The summed E-state index contributed by atoms with van der Waals surface area (Å²) in [5.74, 6) is -0.431. The molecule has 3 spiro atoms. The molecular weight excluding hydrogens is 564 g/mol. The zero-order chi connectivity index (χ0) is 31.6. The summed E-state index contributed by atoms with van der Waals surface area (Å²) < 4.78 is 25.7. The Morgan fingerprint density at radius 3 is 2.41 bits per heavy atom. The first-order chi connectivity index (χ1) is 20.4. The fourth-order valence-corrected chi connectivity index (χ4v) is 13.1. The molecule has 9 nitrogen and oxygen atoms in total. The summed E-state index contributed by atoms with van der Waals surface area (Å²) in [5, 5.41) is 54.4. The van der Waals surface area contributed by atoms with Gasteiger partial charge in [0.1, 0.15) is 30.5 Å². The van der Waals surface area contributed by atoms with Crippen molar-refractivity contribution in [3.8, 4) is 0 Å². The van der Waals surface area contributed by atoms with Crippen molar-refractivity contribution < 1.29 is 44.5 Å². The molecule has 8 aliphatic rings. The minimum absolute atomic E-state index is 0.0234. The number of ether oxygens (including phenoxy) is 4. The van der Waals surface area contributed by atoms with E-state index in [-0.39, 0.29) is 46.4 Å². The van der Waals surface area contributed by atoms with Crippen molar-refractivity contribution in [2.24, 2.45) is 44.8 Å². The molecule has 3 saturated heterocycles. The van der Waals surface area contributed by atoms with Gasteiger partial charge in [-0.15, -0.1) is 0 Å². The van der Waals surface area contributed by atoms with E-state index in [0.717, 1.165) is 44.9 Å². The highest BCUT2D eigenvalue weighted by Crippen LogP contribution is 2.89. The molecular formula is C35H54O9. The van der Waals surface area contributed by atoms with Gasteiger partial charge in [0.05, 0.1) is 24.4 Å². The standard InChI is InChI=1S/C35H54O9/c1-17-14-19-26(30(4,5)40)44-35(43-19)25(17)31(6)12-13-34-16-33(34)11-10-22(42-27-24(38)23(37)18(36)15-41-27)29(2,3)20(33)8-9-21(34)32(31,7)28(35)39/h9,17-20,22-28,36-40H,8,10-16H2,1-7H3. The number of allylic oxidation sites excluding steroid dienone is 1. The molecule has 7 fully saturated rings. The molecule has 0 aromatic carbocycles. The zero-order valence-electron chi connectivity index (χ0n) is 27.5. The van der Waals surface area contributed by atoms with Crippen LogP contribution < -0.4 is 0 Å². The first-order valence-corrected chi connectivity index (χ1v) is 17.2. The van der Waals surface area contributed by atoms with Crippen molar-refractivity contribution in [2.45, 2.75) is 154 Å². The van der Waals surface area contributed by atoms with Crippen LogP contribution in [-0.2, 0) is 18.9 Å². The molecule has 16 atom stereocenters. The van der Waals surface area contributed by atoms with Crippen LogP contribution in [0.5, 0.6) is 0 Å². The maximum atomic E-state index is 12.6. The lowest BCUT2D eigenvalue weighted by Gasteiger charge is -2.60. The number of aliphatic hydroxyl groups is 5. The third kappa shape index (κ3) is 3.33. The van der Waals surface area contributed by atoms with Gasteiger partial charge in [-0.05, 0) is 92.3 Å². The summed E-state index contributed by atoms with van der Waals surface area (Å²) >= 11 is 0. The third-order valence-electron chi connectivity index (χ3n) is 15.2. The number of aliphatic hydroxyl groups excluding tert-OH is 4. The Labute approximate surface area is 261 Å². The maximum Gasteiger partial charge on any atom is 0.199 e. The predicted octanol–water partition coefficient (Wildman–Crippen LogP) is 3.04. The second-order valence-electron chi connectivity index (χ2n) is 17.8. The second-order valence-corrected chi connectivity index (χ2v) is 17.8. The highest BCUT2D eigenvalue weighted by atomic mass is 16.8. The van der Waals surface area contributed by atoms with E-state index in [0.29, 0.717) is 11.8 Å². The number of hydrogen-bond donors (Lipinski definition) is 5. The molecule has 8 rings (SSSR count). The molecule has 5 N–H and O–H groups in total. The number of rotatable bonds is 3. The van der Waals surface area contributed by atoms with Crippen molar-refractivity contribution in [1.29, 1.82) is 0 Å². The molecule has 44 heavy (non-hydrogen) atoms. The van der Waals surface area contributed by atoms with Crippen LogP contribution in [0.15, 0.2) is 11.6 Å². The van der Waals surface area contributed by atoms with E-state index >= 15 is 0 Å². The molecule has 2 bridgehead atoms. The smallest absolute Gasteiger partial charge is 0.199 e. The largest absolute Gasteiger partial charge is 0.388 e. The van der Waals surface area contributed by atoms with Gasteiger partial charge >= 0.3 is 0 Å². The van der Waals surface area contributed by atoms with Crippen molar-refractivity contribution in [3.05, 3.63) is 11.6 Å². The Hall–Kier alpha value is -0.620. The van der Waals surface area contributed by atoms with E-state index in [9.17, 15) is 25.5 Å². The van der Waals surface area contributed by atoms with Crippen LogP contribution in [0.2, 0.25) is 0 Å². The van der Waals surface area contributed by atoms with E-state index < -0.39 is 53.6 Å². The Balaban J connectivity index is 1.13. The van der Waals surface area contributed by atoms with E-state index in [1.54, 1.807) is 13.8 Å². The van der Waals surface area contributed by atoms with Crippen molar-refractivity contribution in [2.75, 3.05) is 6.61 Å². The molecule has 9 heteroatoms. The van der Waals surface area contributed by atoms with Gasteiger partial charge in [0.15, 0.2) is 12.1 Å². The molecule has 4 saturated carbocycles. The molecule has 3 heterocycles. The van der Waals surface area contributed by atoms with Gasteiger partial charge < -0.3 is 44.5 Å². The van der Waals surface area contributed by atoms with Gasteiger partial charge in [0.25, 0.3) is 0 Å². The Bertz CT molecular complexity index is 1260. The van der Waals surface area contributed by atoms with Gasteiger partial charge in [-0.2, -0.15) is 0 Å². The molecule has 0 aromatic heterocycles. The van der Waals surface area contributed by atoms with Gasteiger partial charge in [0.2, 0.25) is 0 Å². The molecule has 5 aliphatic carbocycles. The normalized spacial score (nSPS) is 60.4. The average molecular weight is 619 g/mol. The second kappa shape index (κ2) is 8.88. The van der Waals surface area contributed by atoms with Crippen LogP contribution in [0.4, 0.5) is 0 Å². The molecule has 3 aliphatic heterocycles. The van der Waals surface area contributed by atoms with Crippen LogP contribution in [0, 0.1) is 44.8 Å². The van der Waals surface area contributed by atoms with E-state index in [4.69, 9.17) is 18.9 Å². The molecule has 16 unspecified atom stereocenters. The minimum atomic E-state index is -1.30. The van der Waals surface area contributed by atoms with Crippen molar-refractivity contribution in [1.82, 2.24) is 0 Å². The van der Waals surface area contributed by atoms with Gasteiger partial charge in [-0.1, -0.05) is 46.3 Å². The van der Waals surface area contributed by atoms with Crippen LogP contribution in [-0.4, -0.2) is 92.5 Å². The fraction of sp³-hybridized carbons (Fsp3) is 0.943. The lowest BCUT2D eigenvalue weighted by atomic mass is 9.44. The summed E-state index contributed by atoms with van der Waals surface area (Å²) in [7, 11) is 0. The Morgan fingerprint density at radius 2 is 1.70 bits per heavy atom. The summed E-state index contributed by atoms with van der Waals surface area (Å²) in [6.45, 7) is 15.0. The summed E-state index contributed by atoms with van der Waals surface area (Å²) in [5.41, 5.74) is -0.456. The van der Waals surface area contributed by atoms with E-state index in [1.165, 1.54) is 5.57 Å². The number of hydrogen-bond acceptors (Lipinski definition) is 9. The summed E-state index contributed by atoms with van der Waals surface area (Å²) in [6.07, 6.45) is 2.81. The van der Waals surface area contributed by atoms with Crippen LogP contribution in [0.1, 0.15) is 93.4 Å². The zero-order valence-corrected chi connectivity index (χ0v) is 27.5. The quantitative estimate of drug-likeness (QED) is 0.302. The molecule has 0 radical (unpaired) electrons. The lowest BCUT2D eigenvalue weighted by molar-refractivity contribution is -0.300. The van der Waals surface area contributed by atoms with Gasteiger partial charge in [-0.25, -0.2) is 0 Å². The lowest BCUT2D eigenvalue weighted by Crippen LogP contribution is -2.58. The van der Waals surface area contributed by atoms with Crippen molar-refractivity contribution >= 4 is 0 Å². The predicted molar refractivity (Wildman–Crippen MR) is 159 cm³/mol. The van der Waals surface area contributed by atoms with E-state index in [2.05, 4.69) is 40.7 Å². The average Bonchev–Trinajstić information content (AvgIpc) is 3.45. The van der Waals surface area contributed by atoms with Crippen LogP contribution >= 0.6 is 0 Å². The first-order valence-electron chi connectivity index (χ1n) is 17.2. The topological polar surface area (TPSA) is 138 Å². The monoisotopic (exact) mass is 618 g/mol. The highest BCUT2D eigenvalue weighted by Gasteiger charge is 2.86. The Morgan fingerprint density at radius 1 is 0.977 bits per heavy atom. The molecule has 248 valence electrons. The maximum absolute atomic E-state index is 12.6. The highest BCUT2D eigenvalue weighted by molar-refractivity contribution is 5.48. The van der Waals surface area contributed by atoms with Gasteiger partial charge in [-0.3, -0.25) is 0 Å². The Kier molecular flexibility index (Phi) is 6.20. The summed E-state index contributed by atoms with van der Waals surface area (Å²) in [4.78, 5) is 0. The van der Waals surface area contributed by atoms with Crippen LogP contribution in [0.3, 0.4) is 0 Å². The third-order valence-corrected chi connectivity index (χ3v) is 15.2. The van der Waals surface area contributed by atoms with Crippen molar-refractivity contribution in [3.63, 3.8) is 0 Å². The molecule has 0 aromatic rings. The van der Waals surface area contributed by atoms with Gasteiger partial charge in [0, 0.05) is 11.3 Å². The van der Waals surface area contributed by atoms with Crippen LogP contribution in [0.25, 0.3) is 0 Å². The molecule has 0 amide bonds. The first kappa shape index (κ1) is 30.7. The SMILES string of the molecule is CC1CC2OC3(OC2C(C)(C)O)C1C1(C)CCC24CC25CCC(OC2OCC(O)C(O)C2O)C(C)(C)C5CC=C4C1(C)C3O.